The van der Waals surface area contributed by atoms with Gasteiger partial charge >= 0.3 is 0 Å². The average Bonchev–Trinajstić information content (AvgIpc) is 1.72. The SMILES string of the molecule is CC1(C)c2ccccc2-c2ccc(-c3c4ccccc4c(-c4ccccc4)c4cc(-c5ccc(-c6cccc7ccccc67)cc5)ccc34)cc21.c1ccc(-c2c3ccccc3c(-c3ccc4ccccc4c3)c3ccc(-c4ccc(-c5cccc6ccccc56)cc4)cc23)cc1. The second-order valence-electron chi connectivity index (χ2n) is 26.5. The summed E-state index contributed by atoms with van der Waals surface area (Å²) in [6.45, 7) is 4.74. The van der Waals surface area contributed by atoms with E-state index in [1.165, 1.54) is 187 Å². The third kappa shape index (κ3) is 9.91. The molecular weight excluding hydrogens is 1170 g/mol. The third-order valence-corrected chi connectivity index (χ3v) is 20.7. The van der Waals surface area contributed by atoms with E-state index in [-0.39, 0.29) is 5.41 Å². The Morgan fingerprint density at radius 1 is 0.155 bits per heavy atom. The lowest BCUT2D eigenvalue weighted by Gasteiger charge is -2.23. The highest BCUT2D eigenvalue weighted by Gasteiger charge is 2.35. The summed E-state index contributed by atoms with van der Waals surface area (Å²) in [5.74, 6) is 0. The van der Waals surface area contributed by atoms with Crippen molar-refractivity contribution in [2.24, 2.45) is 0 Å². The van der Waals surface area contributed by atoms with Crippen molar-refractivity contribution < 1.29 is 0 Å². The lowest BCUT2D eigenvalue weighted by atomic mass is 9.80. The van der Waals surface area contributed by atoms with Gasteiger partial charge in [-0.3, -0.25) is 0 Å². The van der Waals surface area contributed by atoms with Crippen LogP contribution in [0.25, 0.3) is 176 Å². The summed E-state index contributed by atoms with van der Waals surface area (Å²) in [7, 11) is 0. The molecular formula is C97H66. The van der Waals surface area contributed by atoms with Crippen LogP contribution in [0.4, 0.5) is 0 Å². The summed E-state index contributed by atoms with van der Waals surface area (Å²) in [5.41, 5.74) is 25.4. The molecule has 0 heterocycles. The van der Waals surface area contributed by atoms with Gasteiger partial charge in [-0.2, -0.15) is 0 Å². The van der Waals surface area contributed by atoms with Crippen molar-refractivity contribution in [1.29, 1.82) is 0 Å². The Bertz CT molecular complexity index is 6100. The first-order valence-electron chi connectivity index (χ1n) is 33.9. The molecule has 0 N–H and O–H groups in total. The van der Waals surface area contributed by atoms with E-state index in [1.54, 1.807) is 0 Å². The summed E-state index contributed by atoms with van der Waals surface area (Å²) in [6.07, 6.45) is 0. The fourth-order valence-corrected chi connectivity index (χ4v) is 16.0. The zero-order chi connectivity index (χ0) is 64.6. The predicted molar refractivity (Wildman–Crippen MR) is 416 cm³/mol. The molecule has 0 atom stereocenters. The lowest BCUT2D eigenvalue weighted by molar-refractivity contribution is 0.660. The van der Waals surface area contributed by atoms with Crippen LogP contribution in [-0.4, -0.2) is 0 Å². The molecule has 18 aromatic carbocycles. The topological polar surface area (TPSA) is 0 Å². The van der Waals surface area contributed by atoms with Crippen LogP contribution in [0, 0.1) is 0 Å². The first-order chi connectivity index (χ1) is 47.9. The number of benzene rings is 18. The quantitative estimate of drug-likeness (QED) is 0.133. The summed E-state index contributed by atoms with van der Waals surface area (Å²) in [4.78, 5) is 0. The van der Waals surface area contributed by atoms with Crippen LogP contribution >= 0.6 is 0 Å². The van der Waals surface area contributed by atoms with Crippen molar-refractivity contribution in [1.82, 2.24) is 0 Å². The van der Waals surface area contributed by atoms with Crippen LogP contribution in [0.15, 0.2) is 364 Å². The van der Waals surface area contributed by atoms with E-state index in [9.17, 15) is 0 Å². The van der Waals surface area contributed by atoms with Crippen molar-refractivity contribution in [3.8, 4) is 100 Å². The van der Waals surface area contributed by atoms with E-state index in [4.69, 9.17) is 0 Å². The lowest BCUT2D eigenvalue weighted by Crippen LogP contribution is -2.14. The average molecular weight is 1230 g/mol. The Labute approximate surface area is 566 Å². The molecule has 1 aliphatic rings. The molecule has 454 valence electrons. The first-order valence-corrected chi connectivity index (χ1v) is 33.9. The van der Waals surface area contributed by atoms with E-state index < -0.39 is 0 Å². The molecule has 0 bridgehead atoms. The number of rotatable bonds is 8. The molecule has 0 spiro atoms. The number of hydrogen-bond acceptors (Lipinski definition) is 0. The fraction of sp³-hybridized carbons (Fsp3) is 0.0309. The van der Waals surface area contributed by atoms with Crippen LogP contribution in [0.5, 0.6) is 0 Å². The second kappa shape index (κ2) is 23.7. The van der Waals surface area contributed by atoms with Crippen LogP contribution in [0.3, 0.4) is 0 Å². The molecule has 0 radical (unpaired) electrons. The zero-order valence-corrected chi connectivity index (χ0v) is 54.1. The summed E-state index contributed by atoms with van der Waals surface area (Å²) < 4.78 is 0. The Morgan fingerprint density at radius 3 is 0.990 bits per heavy atom. The Kier molecular flexibility index (Phi) is 14.0. The maximum Gasteiger partial charge on any atom is 0.0159 e. The number of fused-ring (bicyclic) bond motifs is 10. The van der Waals surface area contributed by atoms with Crippen LogP contribution in [-0.2, 0) is 5.41 Å². The number of hydrogen-bond donors (Lipinski definition) is 0. The van der Waals surface area contributed by atoms with E-state index in [0.717, 1.165) is 0 Å². The summed E-state index contributed by atoms with van der Waals surface area (Å²) >= 11 is 0. The smallest absolute Gasteiger partial charge is 0.0159 e. The van der Waals surface area contributed by atoms with Crippen molar-refractivity contribution in [3.63, 3.8) is 0 Å². The van der Waals surface area contributed by atoms with Gasteiger partial charge in [-0.1, -0.05) is 354 Å². The van der Waals surface area contributed by atoms with E-state index in [1.807, 2.05) is 0 Å². The highest BCUT2D eigenvalue weighted by molar-refractivity contribution is 6.24. The van der Waals surface area contributed by atoms with Crippen molar-refractivity contribution in [2.45, 2.75) is 19.3 Å². The summed E-state index contributed by atoms with van der Waals surface area (Å²) in [5, 5.41) is 17.8. The minimum absolute atomic E-state index is 0.0666. The van der Waals surface area contributed by atoms with Gasteiger partial charge in [0.05, 0.1) is 0 Å². The molecule has 0 fully saturated rings. The fourth-order valence-electron chi connectivity index (χ4n) is 16.0. The van der Waals surface area contributed by atoms with Gasteiger partial charge in [-0.25, -0.2) is 0 Å². The Balaban J connectivity index is 0.000000142. The highest BCUT2D eigenvalue weighted by Crippen LogP contribution is 2.52. The van der Waals surface area contributed by atoms with Crippen LogP contribution < -0.4 is 0 Å². The molecule has 0 aliphatic heterocycles. The molecule has 0 saturated heterocycles. The monoisotopic (exact) mass is 1230 g/mol. The van der Waals surface area contributed by atoms with Gasteiger partial charge in [0, 0.05) is 5.41 Å². The standard InChI is InChI=1S/C51H36.C46H30/c1-51(2)47-22-11-10-18-41(47)42-29-28-38(32-48(42)51)50-44-20-9-8-19-43(44)49(36-14-4-3-5-15-36)46-31-37(27-30-45(46)50)33-23-25-35(26-24-33)40-21-12-16-34-13-6-7-17-39(34)40;1-2-13-35(14-3-1)45-41-18-8-9-19-42(41)46(38-26-23-31-11-4-5-15-36(31)29-38)43-28-27-37(30-44(43)45)32-21-24-34(25-22-32)40-20-10-16-33-12-6-7-17-39(33)40/h3-32H,1-2H3;1-30H. The molecule has 0 nitrogen and oxygen atoms in total. The van der Waals surface area contributed by atoms with E-state index in [2.05, 4.69) is 378 Å². The molecule has 97 heavy (non-hydrogen) atoms. The molecule has 0 aromatic heterocycles. The molecule has 18 aromatic rings. The third-order valence-electron chi connectivity index (χ3n) is 20.7. The Hall–Kier alpha value is -12.2. The van der Waals surface area contributed by atoms with Gasteiger partial charge in [-0.15, -0.1) is 0 Å². The van der Waals surface area contributed by atoms with Crippen molar-refractivity contribution >= 4 is 75.4 Å². The summed E-state index contributed by atoms with van der Waals surface area (Å²) in [6, 6.07) is 134. The molecule has 0 heteroatoms. The Morgan fingerprint density at radius 2 is 0.485 bits per heavy atom. The van der Waals surface area contributed by atoms with E-state index in [0.29, 0.717) is 0 Å². The predicted octanol–water partition coefficient (Wildman–Crippen LogP) is 27.1. The minimum Gasteiger partial charge on any atom is -0.0622 e. The van der Waals surface area contributed by atoms with Gasteiger partial charge in [0.15, 0.2) is 0 Å². The van der Waals surface area contributed by atoms with Gasteiger partial charge in [-0.05, 0) is 211 Å². The second-order valence-corrected chi connectivity index (χ2v) is 26.5. The van der Waals surface area contributed by atoms with Crippen molar-refractivity contribution in [2.75, 3.05) is 0 Å². The molecule has 1 aliphatic carbocycles. The van der Waals surface area contributed by atoms with Gasteiger partial charge in [0.2, 0.25) is 0 Å². The zero-order valence-electron chi connectivity index (χ0n) is 54.1. The van der Waals surface area contributed by atoms with Gasteiger partial charge in [0.1, 0.15) is 0 Å². The largest absolute Gasteiger partial charge is 0.0622 e. The molecule has 0 amide bonds. The van der Waals surface area contributed by atoms with Gasteiger partial charge < -0.3 is 0 Å². The van der Waals surface area contributed by atoms with Crippen molar-refractivity contribution in [3.05, 3.63) is 375 Å². The molecule has 0 saturated carbocycles. The molecule has 0 unspecified atom stereocenters. The molecule has 19 rings (SSSR count). The van der Waals surface area contributed by atoms with Gasteiger partial charge in [0.25, 0.3) is 0 Å². The maximum atomic E-state index is 2.47. The maximum absolute atomic E-state index is 2.47. The first kappa shape index (κ1) is 57.4. The van der Waals surface area contributed by atoms with E-state index >= 15 is 0 Å². The van der Waals surface area contributed by atoms with Crippen LogP contribution in [0.2, 0.25) is 0 Å². The minimum atomic E-state index is -0.0666. The normalized spacial score (nSPS) is 12.3. The van der Waals surface area contributed by atoms with Crippen LogP contribution in [0.1, 0.15) is 25.0 Å². The highest BCUT2D eigenvalue weighted by atomic mass is 14.4.